The van der Waals surface area contributed by atoms with E-state index in [1.165, 1.54) is 7.11 Å². The maximum absolute atomic E-state index is 13.8. The number of thiophene rings is 1. The number of nitrogens with zero attached hydrogens (tertiary/aromatic N) is 1. The molecule has 0 spiro atoms. The largest absolute Gasteiger partial charge is 0.496 e. The first-order chi connectivity index (χ1) is 20.7. The Bertz CT molecular complexity index is 1750. The van der Waals surface area contributed by atoms with Gasteiger partial charge < -0.3 is 26.0 Å². The lowest BCUT2D eigenvalue weighted by Gasteiger charge is -2.20. The van der Waals surface area contributed by atoms with Gasteiger partial charge in [-0.1, -0.05) is 6.07 Å². The summed E-state index contributed by atoms with van der Waals surface area (Å²) in [5.74, 6) is -3.19. The Morgan fingerprint density at radius 2 is 1.70 bits per heavy atom. The first-order valence-corrected chi connectivity index (χ1v) is 13.8. The maximum atomic E-state index is 13.8. The van der Waals surface area contributed by atoms with Crippen LogP contribution in [-0.4, -0.2) is 38.1 Å². The Balaban J connectivity index is 1.55. The molecule has 0 saturated carbocycles. The molecular weight excluding hydrogens is 617 g/mol. The van der Waals surface area contributed by atoms with E-state index in [0.717, 1.165) is 30.7 Å². The van der Waals surface area contributed by atoms with Gasteiger partial charge in [0.1, 0.15) is 16.4 Å². The minimum absolute atomic E-state index is 0.0258. The molecule has 5 rings (SSSR count). The summed E-state index contributed by atoms with van der Waals surface area (Å²) in [5, 5.41) is 4.89. The molecule has 7 nitrogen and oxygen atoms in total. The Hall–Kier alpha value is -4.37. The highest BCUT2D eigenvalue weighted by Gasteiger charge is 2.35. The third-order valence-corrected chi connectivity index (χ3v) is 8.16. The van der Waals surface area contributed by atoms with Crippen molar-refractivity contribution in [3.05, 3.63) is 82.0 Å². The smallest absolute Gasteiger partial charge is 0.419 e. The summed E-state index contributed by atoms with van der Waals surface area (Å²) in [7, 11) is 1.34. The van der Waals surface area contributed by atoms with Gasteiger partial charge in [0.15, 0.2) is 0 Å². The van der Waals surface area contributed by atoms with Crippen LogP contribution in [0.5, 0.6) is 5.75 Å². The van der Waals surface area contributed by atoms with Crippen LogP contribution in [0.3, 0.4) is 0 Å². The third-order valence-electron chi connectivity index (χ3n) is 7.01. The number of carbonyl (C=O) groups excluding carboxylic acids is 2. The summed E-state index contributed by atoms with van der Waals surface area (Å²) < 4.78 is 99.1. The van der Waals surface area contributed by atoms with Crippen LogP contribution >= 0.6 is 11.3 Å². The van der Waals surface area contributed by atoms with Crippen LogP contribution in [-0.2, 0) is 12.4 Å². The van der Waals surface area contributed by atoms with E-state index in [-0.39, 0.29) is 38.0 Å². The van der Waals surface area contributed by atoms with Crippen molar-refractivity contribution in [3.8, 4) is 5.75 Å². The van der Waals surface area contributed by atoms with Gasteiger partial charge in [-0.2, -0.15) is 26.3 Å². The second-order valence-corrected chi connectivity index (χ2v) is 11.0. The van der Waals surface area contributed by atoms with Crippen molar-refractivity contribution in [3.63, 3.8) is 0 Å². The minimum atomic E-state index is -5.05. The monoisotopic (exact) mass is 640 g/mol. The molecule has 232 valence electrons. The number of hydrogen-bond acceptors (Lipinski definition) is 6. The number of amides is 2. The number of ether oxygens (including phenoxy) is 1. The first-order valence-electron chi connectivity index (χ1n) is 13.0. The predicted molar refractivity (Wildman–Crippen MR) is 152 cm³/mol. The Morgan fingerprint density at radius 3 is 2.34 bits per heavy atom. The zero-order chi connectivity index (χ0) is 32.0. The molecule has 4 aromatic rings. The summed E-state index contributed by atoms with van der Waals surface area (Å²) in [5.41, 5.74) is 3.50. The molecule has 1 aliphatic heterocycles. The number of nitrogens with two attached hydrogens (primary N) is 1. The zero-order valence-corrected chi connectivity index (χ0v) is 23.5. The minimum Gasteiger partial charge on any atom is -0.496 e. The van der Waals surface area contributed by atoms with Gasteiger partial charge in [0.2, 0.25) is 0 Å². The number of halogens is 7. The van der Waals surface area contributed by atoms with Crippen molar-refractivity contribution in [1.82, 2.24) is 0 Å². The van der Waals surface area contributed by atoms with Crippen LogP contribution in [0.4, 0.5) is 47.8 Å². The number of hydrogen-bond donors (Lipinski definition) is 3. The fraction of sp³-hybridized carbons (Fsp3) is 0.241. The predicted octanol–water partition coefficient (Wildman–Crippen LogP) is 7.13. The standard InChI is InChI=1S/C29H23F7N4O3S/c1-43-22-7-4-17(40-9-8-15(37)13-40)12-19(22)26(41)39-24-18-5-2-14(28(31,32)33)10-23(18)44-25(24)27(42)38-16-3-6-21(30)20(11-16)29(34,35)36/h2-7,10-12,15H,8-9,13,37H2,1H3,(H,38,42)(H,39,41). The summed E-state index contributed by atoms with van der Waals surface area (Å²) in [6, 6.07) is 9.27. The van der Waals surface area contributed by atoms with E-state index in [9.17, 15) is 40.3 Å². The quantitative estimate of drug-likeness (QED) is 0.195. The van der Waals surface area contributed by atoms with Crippen molar-refractivity contribution in [1.29, 1.82) is 0 Å². The molecule has 1 saturated heterocycles. The fourth-order valence-electron chi connectivity index (χ4n) is 4.84. The van der Waals surface area contributed by atoms with Crippen LogP contribution < -0.4 is 26.0 Å². The maximum Gasteiger partial charge on any atom is 0.419 e. The number of methoxy groups -OCH3 is 1. The number of anilines is 3. The molecule has 2 amide bonds. The highest BCUT2D eigenvalue weighted by molar-refractivity contribution is 7.21. The molecule has 0 aliphatic carbocycles. The van der Waals surface area contributed by atoms with Gasteiger partial charge in [0.25, 0.3) is 11.8 Å². The average Bonchev–Trinajstić information content (AvgIpc) is 3.55. The lowest BCUT2D eigenvalue weighted by atomic mass is 10.1. The summed E-state index contributed by atoms with van der Waals surface area (Å²) in [6.45, 7) is 1.20. The molecular formula is C29H23F7N4O3S. The van der Waals surface area contributed by atoms with Crippen LogP contribution in [0.2, 0.25) is 0 Å². The van der Waals surface area contributed by atoms with E-state index in [4.69, 9.17) is 10.5 Å². The summed E-state index contributed by atoms with van der Waals surface area (Å²) in [6.07, 6.45) is -9.02. The van der Waals surface area contributed by atoms with Crippen LogP contribution in [0.15, 0.2) is 54.6 Å². The molecule has 1 aromatic heterocycles. The summed E-state index contributed by atoms with van der Waals surface area (Å²) >= 11 is 0.589. The van der Waals surface area contributed by atoms with E-state index >= 15 is 0 Å². The van der Waals surface area contributed by atoms with Gasteiger partial charge >= 0.3 is 12.4 Å². The second kappa shape index (κ2) is 11.6. The topological polar surface area (TPSA) is 96.7 Å². The number of benzene rings is 3. The number of rotatable bonds is 6. The lowest BCUT2D eigenvalue weighted by molar-refractivity contribution is -0.140. The van der Waals surface area contributed by atoms with Gasteiger partial charge in [-0.3, -0.25) is 9.59 Å². The zero-order valence-electron chi connectivity index (χ0n) is 22.7. The fourth-order valence-corrected chi connectivity index (χ4v) is 5.93. The van der Waals surface area contributed by atoms with Gasteiger partial charge in [0.05, 0.1) is 29.5 Å². The van der Waals surface area contributed by atoms with Crippen molar-refractivity contribution >= 4 is 50.3 Å². The molecule has 1 fully saturated rings. The van der Waals surface area contributed by atoms with Crippen molar-refractivity contribution in [2.75, 3.05) is 35.7 Å². The van der Waals surface area contributed by atoms with Crippen molar-refractivity contribution in [2.45, 2.75) is 24.8 Å². The van der Waals surface area contributed by atoms with Gasteiger partial charge in [-0.05, 0) is 55.0 Å². The Kier molecular flexibility index (Phi) is 8.20. The van der Waals surface area contributed by atoms with Crippen LogP contribution in [0.1, 0.15) is 37.6 Å². The van der Waals surface area contributed by atoms with Crippen molar-refractivity contribution in [2.24, 2.45) is 5.73 Å². The normalized spacial score (nSPS) is 15.5. The number of nitrogens with one attached hydrogen (secondary N) is 2. The SMILES string of the molecule is COc1ccc(N2CCC(N)C2)cc1C(=O)Nc1c(C(=O)Nc2ccc(F)c(C(F)(F)F)c2)sc2cc(C(F)(F)F)ccc12. The molecule has 0 bridgehead atoms. The van der Waals surface area contributed by atoms with E-state index in [1.807, 2.05) is 4.90 Å². The highest BCUT2D eigenvalue weighted by Crippen LogP contribution is 2.41. The van der Waals surface area contributed by atoms with E-state index in [2.05, 4.69) is 10.6 Å². The first kappa shape index (κ1) is 31.1. The van der Waals surface area contributed by atoms with Crippen LogP contribution in [0.25, 0.3) is 10.1 Å². The highest BCUT2D eigenvalue weighted by atomic mass is 32.1. The molecule has 0 radical (unpaired) electrons. The molecule has 44 heavy (non-hydrogen) atoms. The van der Waals surface area contributed by atoms with Gasteiger partial charge in [0, 0.05) is 40.6 Å². The average molecular weight is 641 g/mol. The molecule has 3 aromatic carbocycles. The third kappa shape index (κ3) is 6.28. The number of fused-ring (bicyclic) bond motifs is 1. The molecule has 1 aliphatic rings. The number of alkyl halides is 6. The molecule has 4 N–H and O–H groups in total. The number of carbonyl (C=O) groups is 2. The Labute approximate surface area is 249 Å². The Morgan fingerprint density at radius 1 is 0.955 bits per heavy atom. The van der Waals surface area contributed by atoms with E-state index in [0.29, 0.717) is 42.2 Å². The molecule has 15 heteroatoms. The second-order valence-electron chi connectivity index (χ2n) is 9.99. The molecule has 1 atom stereocenters. The summed E-state index contributed by atoms with van der Waals surface area (Å²) in [4.78, 5) is 28.6. The van der Waals surface area contributed by atoms with Crippen LogP contribution in [0, 0.1) is 5.82 Å². The molecule has 2 heterocycles. The van der Waals surface area contributed by atoms with Crippen molar-refractivity contribution < 1.29 is 45.1 Å². The lowest BCUT2D eigenvalue weighted by Crippen LogP contribution is -2.26. The molecule has 1 unspecified atom stereocenters. The van der Waals surface area contributed by atoms with E-state index in [1.54, 1.807) is 18.2 Å². The van der Waals surface area contributed by atoms with Gasteiger partial charge in [-0.25, -0.2) is 4.39 Å². The van der Waals surface area contributed by atoms with Gasteiger partial charge in [-0.15, -0.1) is 11.3 Å². The van der Waals surface area contributed by atoms with E-state index < -0.39 is 46.8 Å².